The largest absolute Gasteiger partial charge is 0.433 e. The van der Waals surface area contributed by atoms with Gasteiger partial charge in [0.2, 0.25) is 11.9 Å². The van der Waals surface area contributed by atoms with Crippen molar-refractivity contribution in [3.8, 4) is 0 Å². The first-order chi connectivity index (χ1) is 13.3. The average Bonchev–Trinajstić information content (AvgIpc) is 2.90. The van der Waals surface area contributed by atoms with E-state index in [0.29, 0.717) is 10.5 Å². The van der Waals surface area contributed by atoms with Crippen molar-refractivity contribution in [2.75, 3.05) is 5.32 Å². The van der Waals surface area contributed by atoms with Crippen molar-refractivity contribution >= 4 is 34.6 Å². The third-order valence-corrected chi connectivity index (χ3v) is 5.01. The van der Waals surface area contributed by atoms with Gasteiger partial charge in [-0.3, -0.25) is 14.7 Å². The molecule has 2 heterocycles. The van der Waals surface area contributed by atoms with E-state index in [1.165, 1.54) is 6.07 Å². The van der Waals surface area contributed by atoms with Crippen molar-refractivity contribution in [2.24, 2.45) is 0 Å². The Bertz CT molecular complexity index is 1040. The van der Waals surface area contributed by atoms with Crippen molar-refractivity contribution in [3.63, 3.8) is 0 Å². The monoisotopic (exact) mass is 408 g/mol. The second kappa shape index (κ2) is 7.09. The lowest BCUT2D eigenvalue weighted by atomic mass is 9.93. The lowest BCUT2D eigenvalue weighted by Gasteiger charge is -2.28. The maximum Gasteiger partial charge on any atom is 0.433 e. The van der Waals surface area contributed by atoms with Crippen molar-refractivity contribution < 1.29 is 18.0 Å². The Labute approximate surface area is 163 Å². The van der Waals surface area contributed by atoms with Gasteiger partial charge in [-0.05, 0) is 49.1 Å². The first kappa shape index (κ1) is 18.7. The minimum atomic E-state index is -4.54. The number of imidazole rings is 1. The van der Waals surface area contributed by atoms with Crippen LogP contribution >= 0.6 is 11.6 Å². The molecule has 0 spiro atoms. The zero-order valence-electron chi connectivity index (χ0n) is 14.6. The Hall–Kier alpha value is -2.61. The molecule has 1 amide bonds. The predicted molar refractivity (Wildman–Crippen MR) is 99.2 cm³/mol. The van der Waals surface area contributed by atoms with Gasteiger partial charge in [-0.15, -0.1) is 0 Å². The molecule has 1 aromatic carbocycles. The third kappa shape index (κ3) is 3.69. The Morgan fingerprint density at radius 1 is 1.21 bits per heavy atom. The Morgan fingerprint density at radius 2 is 2.00 bits per heavy atom. The zero-order valence-corrected chi connectivity index (χ0v) is 15.4. The number of hydrogen-bond donors (Lipinski definition) is 1. The highest BCUT2D eigenvalue weighted by Crippen LogP contribution is 2.38. The van der Waals surface area contributed by atoms with Gasteiger partial charge in [-0.25, -0.2) is 9.97 Å². The van der Waals surface area contributed by atoms with E-state index < -0.39 is 11.9 Å². The molecule has 1 aliphatic rings. The molecule has 1 aliphatic carbocycles. The van der Waals surface area contributed by atoms with Gasteiger partial charge in [0.1, 0.15) is 11.2 Å². The normalized spacial score (nSPS) is 14.9. The fraction of sp³-hybridized carbons (Fsp3) is 0.316. The van der Waals surface area contributed by atoms with Gasteiger partial charge in [-0.1, -0.05) is 23.7 Å². The second-order valence-electron chi connectivity index (χ2n) is 6.78. The smallest absolute Gasteiger partial charge is 0.296 e. The number of fused-ring (bicyclic) bond motifs is 1. The zero-order chi connectivity index (χ0) is 19.9. The van der Waals surface area contributed by atoms with E-state index in [1.54, 1.807) is 28.8 Å². The highest BCUT2D eigenvalue weighted by atomic mass is 35.5. The van der Waals surface area contributed by atoms with Gasteiger partial charge in [0.25, 0.3) is 0 Å². The molecule has 0 unspecified atom stereocenters. The molecule has 28 heavy (non-hydrogen) atoms. The first-order valence-electron chi connectivity index (χ1n) is 8.82. The number of amides is 1. The number of pyridine rings is 1. The summed E-state index contributed by atoms with van der Waals surface area (Å²) in [6.45, 7) is 0. The topological polar surface area (TPSA) is 59.8 Å². The molecule has 0 bridgehead atoms. The number of nitrogens with zero attached hydrogens (tertiary/aromatic N) is 3. The number of anilines is 1. The molecule has 9 heteroatoms. The van der Waals surface area contributed by atoms with Crippen LogP contribution in [0.4, 0.5) is 19.1 Å². The average molecular weight is 409 g/mol. The number of hydrogen-bond acceptors (Lipinski definition) is 3. The molecule has 0 radical (unpaired) electrons. The summed E-state index contributed by atoms with van der Waals surface area (Å²) < 4.78 is 40.8. The Morgan fingerprint density at radius 3 is 2.64 bits per heavy atom. The molecule has 4 rings (SSSR count). The maximum atomic E-state index is 13.1. The van der Waals surface area contributed by atoms with E-state index in [-0.39, 0.29) is 30.0 Å². The molecule has 1 saturated carbocycles. The van der Waals surface area contributed by atoms with Crippen LogP contribution in [0.3, 0.4) is 0 Å². The first-order valence-corrected chi connectivity index (χ1v) is 9.19. The summed E-state index contributed by atoms with van der Waals surface area (Å²) in [4.78, 5) is 20.6. The van der Waals surface area contributed by atoms with Crippen LogP contribution in [0.1, 0.15) is 36.6 Å². The number of rotatable bonds is 4. The Balaban J connectivity index is 1.67. The number of carbonyl (C=O) groups is 1. The third-order valence-electron chi connectivity index (χ3n) is 4.77. The summed E-state index contributed by atoms with van der Waals surface area (Å²) in [5, 5.41) is 3.25. The van der Waals surface area contributed by atoms with Gasteiger partial charge in [0.15, 0.2) is 5.65 Å². The molecule has 146 valence electrons. The van der Waals surface area contributed by atoms with Crippen LogP contribution in [0.25, 0.3) is 11.2 Å². The van der Waals surface area contributed by atoms with Crippen molar-refractivity contribution in [1.82, 2.24) is 14.5 Å². The van der Waals surface area contributed by atoms with E-state index >= 15 is 0 Å². The predicted octanol–water partition coefficient (Wildman–Crippen LogP) is 5.01. The number of carbonyl (C=O) groups excluding carboxylic acids is 1. The number of aromatic nitrogens is 3. The highest BCUT2D eigenvalue weighted by molar-refractivity contribution is 6.30. The van der Waals surface area contributed by atoms with Gasteiger partial charge < -0.3 is 0 Å². The summed E-state index contributed by atoms with van der Waals surface area (Å²) in [6.07, 6.45) is -1.88. The van der Waals surface area contributed by atoms with Gasteiger partial charge in [0.05, 0.1) is 6.42 Å². The Kier molecular flexibility index (Phi) is 4.74. The van der Waals surface area contributed by atoms with Gasteiger partial charge in [0, 0.05) is 11.1 Å². The lowest BCUT2D eigenvalue weighted by molar-refractivity contribution is -0.141. The SMILES string of the molecule is O=C(Cc1cccc(Cl)c1)Nc1nc2ccc(C(F)(F)F)nc2n1C1CCC1. The molecule has 0 saturated heterocycles. The fourth-order valence-corrected chi connectivity index (χ4v) is 3.42. The van der Waals surface area contributed by atoms with Gasteiger partial charge >= 0.3 is 6.18 Å². The second-order valence-corrected chi connectivity index (χ2v) is 7.22. The molecule has 0 aliphatic heterocycles. The number of alkyl halides is 3. The summed E-state index contributed by atoms with van der Waals surface area (Å²) in [6, 6.07) is 9.08. The molecule has 5 nitrogen and oxygen atoms in total. The molecule has 2 aromatic heterocycles. The lowest BCUT2D eigenvalue weighted by Crippen LogP contribution is -2.23. The van der Waals surface area contributed by atoms with Crippen LogP contribution in [0, 0.1) is 0 Å². The molecular weight excluding hydrogens is 393 g/mol. The van der Waals surface area contributed by atoms with E-state index in [4.69, 9.17) is 11.6 Å². The van der Waals surface area contributed by atoms with Crippen LogP contribution in [-0.2, 0) is 17.4 Å². The minimum Gasteiger partial charge on any atom is -0.296 e. The standard InChI is InChI=1S/C19H16ClF3N4O/c20-12-4-1-3-11(9-12)10-16(28)26-18-24-14-7-8-15(19(21,22)23)25-17(14)27(18)13-5-2-6-13/h1,3-4,7-9,13H,2,5-6,10H2,(H,24,26,28). The minimum absolute atomic E-state index is 0.0255. The molecule has 3 aromatic rings. The number of halogens is 4. The van der Waals surface area contributed by atoms with Crippen molar-refractivity contribution in [3.05, 3.63) is 52.7 Å². The highest BCUT2D eigenvalue weighted by Gasteiger charge is 2.34. The summed E-state index contributed by atoms with van der Waals surface area (Å²) in [7, 11) is 0. The summed E-state index contributed by atoms with van der Waals surface area (Å²) >= 11 is 5.94. The van der Waals surface area contributed by atoms with E-state index in [1.807, 2.05) is 0 Å². The van der Waals surface area contributed by atoms with Crippen LogP contribution in [0.15, 0.2) is 36.4 Å². The number of benzene rings is 1. The molecule has 1 N–H and O–H groups in total. The van der Waals surface area contributed by atoms with E-state index in [0.717, 1.165) is 30.9 Å². The maximum absolute atomic E-state index is 13.1. The summed E-state index contributed by atoms with van der Waals surface area (Å²) in [5.41, 5.74) is 0.210. The fourth-order valence-electron chi connectivity index (χ4n) is 3.21. The van der Waals surface area contributed by atoms with Crippen LogP contribution in [0.5, 0.6) is 0 Å². The van der Waals surface area contributed by atoms with Gasteiger partial charge in [-0.2, -0.15) is 13.2 Å². The van der Waals surface area contributed by atoms with Crippen LogP contribution in [-0.4, -0.2) is 20.4 Å². The van der Waals surface area contributed by atoms with E-state index in [9.17, 15) is 18.0 Å². The van der Waals surface area contributed by atoms with Crippen LogP contribution < -0.4 is 5.32 Å². The molecule has 0 atom stereocenters. The van der Waals surface area contributed by atoms with E-state index in [2.05, 4.69) is 15.3 Å². The molecular formula is C19H16ClF3N4O. The quantitative estimate of drug-likeness (QED) is 0.660. The molecule has 1 fully saturated rings. The summed E-state index contributed by atoms with van der Waals surface area (Å²) in [5.74, 6) is -0.104. The number of nitrogens with one attached hydrogen (secondary N) is 1. The van der Waals surface area contributed by atoms with Crippen LogP contribution in [0.2, 0.25) is 5.02 Å². The van der Waals surface area contributed by atoms with Crippen molar-refractivity contribution in [1.29, 1.82) is 0 Å². The van der Waals surface area contributed by atoms with Crippen molar-refractivity contribution in [2.45, 2.75) is 37.9 Å².